The molecule has 0 spiro atoms. The molecule has 0 saturated heterocycles. The average Bonchev–Trinajstić information content (AvgIpc) is 3.10. The highest BCUT2D eigenvalue weighted by molar-refractivity contribution is 5.70. The Bertz CT molecular complexity index is 750. The second-order valence-electron chi connectivity index (χ2n) is 5.61. The predicted octanol–water partition coefficient (Wildman–Crippen LogP) is 3.76. The van der Waals surface area contributed by atoms with Crippen molar-refractivity contribution in [1.82, 2.24) is 9.97 Å². The van der Waals surface area contributed by atoms with Crippen LogP contribution in [0.5, 0.6) is 17.2 Å². The topological polar surface area (TPSA) is 56.4 Å². The lowest BCUT2D eigenvalue weighted by atomic mass is 10.1. The minimum absolute atomic E-state index is 0.603. The number of hydrogen-bond donors (Lipinski definition) is 1. The number of rotatable bonds is 6. The van der Waals surface area contributed by atoms with Crippen molar-refractivity contribution < 1.29 is 14.2 Å². The molecule has 0 fully saturated rings. The second-order valence-corrected chi connectivity index (χ2v) is 5.61. The van der Waals surface area contributed by atoms with E-state index in [4.69, 9.17) is 14.2 Å². The van der Waals surface area contributed by atoms with E-state index < -0.39 is 0 Å². The van der Waals surface area contributed by atoms with Crippen LogP contribution in [0.3, 0.4) is 0 Å². The SMILES string of the molecule is COc1cc(Cc2cnc(C3=CCCC=C3)[nH]2)cc(OC)c1OC. The van der Waals surface area contributed by atoms with E-state index in [-0.39, 0.29) is 0 Å². The number of methoxy groups -OCH3 is 3. The van der Waals surface area contributed by atoms with E-state index in [2.05, 4.69) is 28.2 Å². The van der Waals surface area contributed by atoms with Crippen LogP contribution in [-0.4, -0.2) is 31.3 Å². The summed E-state index contributed by atoms with van der Waals surface area (Å²) < 4.78 is 16.2. The zero-order valence-corrected chi connectivity index (χ0v) is 14.3. The number of imidazole rings is 1. The summed E-state index contributed by atoms with van der Waals surface area (Å²) in [4.78, 5) is 7.88. The predicted molar refractivity (Wildman–Crippen MR) is 93.8 cm³/mol. The molecule has 2 aromatic rings. The molecule has 0 amide bonds. The first-order chi connectivity index (χ1) is 11.7. The first-order valence-electron chi connectivity index (χ1n) is 7.95. The minimum Gasteiger partial charge on any atom is -0.493 e. The standard InChI is InChI=1S/C19H22N2O3/c1-22-16-10-13(11-17(23-2)18(16)24-3)9-15-12-20-19(21-15)14-7-5-4-6-8-14/h5,7-8,10-12H,4,6,9H2,1-3H3,(H,20,21). The molecule has 0 atom stereocenters. The average molecular weight is 326 g/mol. The summed E-state index contributed by atoms with van der Waals surface area (Å²) >= 11 is 0. The number of nitrogens with one attached hydrogen (secondary N) is 1. The van der Waals surface area contributed by atoms with E-state index in [1.165, 1.54) is 0 Å². The number of benzene rings is 1. The van der Waals surface area contributed by atoms with Gasteiger partial charge in [-0.05, 0) is 30.5 Å². The normalized spacial score (nSPS) is 13.5. The summed E-state index contributed by atoms with van der Waals surface area (Å²) in [5.41, 5.74) is 3.25. The third kappa shape index (κ3) is 3.30. The summed E-state index contributed by atoms with van der Waals surface area (Å²) in [6.07, 6.45) is 11.3. The summed E-state index contributed by atoms with van der Waals surface area (Å²) in [6.45, 7) is 0. The fourth-order valence-electron chi connectivity index (χ4n) is 2.84. The molecule has 0 radical (unpaired) electrons. The van der Waals surface area contributed by atoms with Crippen LogP contribution in [0.4, 0.5) is 0 Å². The summed E-state index contributed by atoms with van der Waals surface area (Å²) in [5, 5.41) is 0. The Morgan fingerprint density at radius 3 is 2.38 bits per heavy atom. The highest BCUT2D eigenvalue weighted by Gasteiger charge is 2.14. The molecule has 0 unspecified atom stereocenters. The Labute approximate surface area is 142 Å². The van der Waals surface area contributed by atoms with Crippen LogP contribution in [0.2, 0.25) is 0 Å². The van der Waals surface area contributed by atoms with Gasteiger partial charge in [0.2, 0.25) is 5.75 Å². The molecule has 1 aliphatic rings. The van der Waals surface area contributed by atoms with Gasteiger partial charge in [-0.1, -0.05) is 18.2 Å². The van der Waals surface area contributed by atoms with Crippen molar-refractivity contribution in [3.63, 3.8) is 0 Å². The molecule has 126 valence electrons. The van der Waals surface area contributed by atoms with E-state index in [1.807, 2.05) is 18.3 Å². The number of allylic oxidation sites excluding steroid dienone is 4. The van der Waals surface area contributed by atoms with Gasteiger partial charge in [-0.15, -0.1) is 0 Å². The second kappa shape index (κ2) is 7.25. The smallest absolute Gasteiger partial charge is 0.203 e. The lowest BCUT2D eigenvalue weighted by molar-refractivity contribution is 0.324. The van der Waals surface area contributed by atoms with Crippen LogP contribution >= 0.6 is 0 Å². The van der Waals surface area contributed by atoms with Gasteiger partial charge in [0.1, 0.15) is 5.82 Å². The molecule has 1 aromatic heterocycles. The minimum atomic E-state index is 0.603. The van der Waals surface area contributed by atoms with Crippen LogP contribution in [0.15, 0.2) is 36.6 Å². The number of nitrogens with zero attached hydrogens (tertiary/aromatic N) is 1. The molecule has 1 heterocycles. The molecule has 0 bridgehead atoms. The zero-order valence-electron chi connectivity index (χ0n) is 14.3. The van der Waals surface area contributed by atoms with Crippen molar-refractivity contribution in [2.45, 2.75) is 19.3 Å². The van der Waals surface area contributed by atoms with Gasteiger partial charge in [0.15, 0.2) is 11.5 Å². The van der Waals surface area contributed by atoms with Crippen molar-refractivity contribution in [3.05, 3.63) is 53.6 Å². The van der Waals surface area contributed by atoms with Gasteiger partial charge in [0.25, 0.3) is 0 Å². The number of H-pyrrole nitrogens is 1. The number of aromatic amines is 1. The summed E-state index contributed by atoms with van der Waals surface area (Å²) in [7, 11) is 4.85. The summed E-state index contributed by atoms with van der Waals surface area (Å²) in [5.74, 6) is 2.83. The third-order valence-electron chi connectivity index (χ3n) is 4.02. The molecule has 1 aliphatic carbocycles. The fourth-order valence-corrected chi connectivity index (χ4v) is 2.84. The first-order valence-corrected chi connectivity index (χ1v) is 7.95. The van der Waals surface area contributed by atoms with Crippen LogP contribution in [0, 0.1) is 0 Å². The molecule has 5 heteroatoms. The van der Waals surface area contributed by atoms with Gasteiger partial charge in [0.05, 0.1) is 21.3 Å². The maximum absolute atomic E-state index is 5.41. The van der Waals surface area contributed by atoms with Crippen LogP contribution in [0.1, 0.15) is 29.9 Å². The fraction of sp³-hybridized carbons (Fsp3) is 0.316. The molecular formula is C19H22N2O3. The monoisotopic (exact) mass is 326 g/mol. The Morgan fingerprint density at radius 1 is 1.04 bits per heavy atom. The Kier molecular flexibility index (Phi) is 4.89. The van der Waals surface area contributed by atoms with Crippen molar-refractivity contribution in [1.29, 1.82) is 0 Å². The van der Waals surface area contributed by atoms with E-state index in [0.717, 1.165) is 35.5 Å². The molecule has 0 saturated carbocycles. The molecular weight excluding hydrogens is 304 g/mol. The van der Waals surface area contributed by atoms with Gasteiger partial charge in [-0.3, -0.25) is 0 Å². The van der Waals surface area contributed by atoms with E-state index in [0.29, 0.717) is 23.7 Å². The van der Waals surface area contributed by atoms with Crippen molar-refractivity contribution in [2.24, 2.45) is 0 Å². The number of hydrogen-bond acceptors (Lipinski definition) is 4. The maximum Gasteiger partial charge on any atom is 0.203 e. The van der Waals surface area contributed by atoms with Crippen molar-refractivity contribution in [2.75, 3.05) is 21.3 Å². The van der Waals surface area contributed by atoms with Crippen LogP contribution in [-0.2, 0) is 6.42 Å². The van der Waals surface area contributed by atoms with Gasteiger partial charge >= 0.3 is 0 Å². The summed E-state index contributed by atoms with van der Waals surface area (Å²) in [6, 6.07) is 3.92. The Hall–Kier alpha value is -2.69. The van der Waals surface area contributed by atoms with E-state index >= 15 is 0 Å². The maximum atomic E-state index is 5.41. The van der Waals surface area contributed by atoms with Crippen molar-refractivity contribution >= 4 is 5.57 Å². The molecule has 0 aliphatic heterocycles. The Morgan fingerprint density at radius 2 is 1.79 bits per heavy atom. The van der Waals surface area contributed by atoms with E-state index in [9.17, 15) is 0 Å². The Balaban J connectivity index is 1.85. The lowest BCUT2D eigenvalue weighted by Crippen LogP contribution is -1.98. The van der Waals surface area contributed by atoms with Gasteiger partial charge in [-0.2, -0.15) is 0 Å². The van der Waals surface area contributed by atoms with Crippen LogP contribution < -0.4 is 14.2 Å². The molecule has 1 N–H and O–H groups in total. The third-order valence-corrected chi connectivity index (χ3v) is 4.02. The largest absolute Gasteiger partial charge is 0.493 e. The zero-order chi connectivity index (χ0) is 16.9. The molecule has 1 aromatic carbocycles. The van der Waals surface area contributed by atoms with Gasteiger partial charge in [-0.25, -0.2) is 4.98 Å². The highest BCUT2D eigenvalue weighted by atomic mass is 16.5. The molecule has 5 nitrogen and oxygen atoms in total. The van der Waals surface area contributed by atoms with Gasteiger partial charge < -0.3 is 19.2 Å². The quantitative estimate of drug-likeness (QED) is 0.878. The lowest BCUT2D eigenvalue weighted by Gasteiger charge is -2.13. The first kappa shape index (κ1) is 16.2. The van der Waals surface area contributed by atoms with Crippen LogP contribution in [0.25, 0.3) is 5.57 Å². The molecule has 3 rings (SSSR count). The number of ether oxygens (including phenoxy) is 3. The van der Waals surface area contributed by atoms with E-state index in [1.54, 1.807) is 21.3 Å². The number of aromatic nitrogens is 2. The highest BCUT2D eigenvalue weighted by Crippen LogP contribution is 2.38. The van der Waals surface area contributed by atoms with Gasteiger partial charge in [0, 0.05) is 23.9 Å². The molecule has 24 heavy (non-hydrogen) atoms. The van der Waals surface area contributed by atoms with Crippen molar-refractivity contribution in [3.8, 4) is 17.2 Å².